The van der Waals surface area contributed by atoms with Gasteiger partial charge in [-0.1, -0.05) is 6.07 Å². The highest BCUT2D eigenvalue weighted by Gasteiger charge is 2.34. The van der Waals surface area contributed by atoms with Crippen LogP contribution in [0.3, 0.4) is 0 Å². The number of amides is 2. The Morgan fingerprint density at radius 2 is 2.15 bits per heavy atom. The highest BCUT2D eigenvalue weighted by molar-refractivity contribution is 7.99. The van der Waals surface area contributed by atoms with Gasteiger partial charge >= 0.3 is 12.0 Å². The third-order valence-corrected chi connectivity index (χ3v) is 5.75. The van der Waals surface area contributed by atoms with Crippen molar-refractivity contribution in [3.63, 3.8) is 0 Å². The molecule has 9 heteroatoms. The first-order chi connectivity index (χ1) is 13.0. The topological polar surface area (TPSA) is 67.4 Å². The zero-order valence-corrected chi connectivity index (χ0v) is 15.9. The fourth-order valence-corrected chi connectivity index (χ4v) is 4.27. The molecule has 0 spiro atoms. The first kappa shape index (κ1) is 19.4. The molecule has 1 aromatic heterocycles. The molecule has 1 aliphatic heterocycles. The van der Waals surface area contributed by atoms with Gasteiger partial charge in [0, 0.05) is 27.3 Å². The summed E-state index contributed by atoms with van der Waals surface area (Å²) < 4.78 is 32.1. The molecule has 0 bridgehead atoms. The number of carbonyl (C=O) groups excluding carboxylic acids is 2. The number of halogens is 2. The van der Waals surface area contributed by atoms with Gasteiger partial charge in [0.1, 0.15) is 11.6 Å². The van der Waals surface area contributed by atoms with Crippen LogP contribution in [0.2, 0.25) is 0 Å². The Bertz CT molecular complexity index is 885. The minimum Gasteiger partial charge on any atom is -0.463 e. The van der Waals surface area contributed by atoms with Crippen LogP contribution in [-0.4, -0.2) is 24.4 Å². The number of hydrogen-bond donors (Lipinski definition) is 2. The van der Waals surface area contributed by atoms with Crippen LogP contribution in [-0.2, 0) is 9.53 Å². The quantitative estimate of drug-likeness (QED) is 0.558. The number of rotatable bonds is 6. The minimum atomic E-state index is -0.701. The van der Waals surface area contributed by atoms with Crippen molar-refractivity contribution in [3.8, 4) is 0 Å². The Morgan fingerprint density at radius 1 is 1.33 bits per heavy atom. The molecule has 3 rings (SSSR count). The summed E-state index contributed by atoms with van der Waals surface area (Å²) in [6.07, 6.45) is 0. The molecule has 0 fully saturated rings. The molecule has 1 aromatic carbocycles. The molecule has 0 aliphatic carbocycles. The van der Waals surface area contributed by atoms with Crippen LogP contribution in [0.25, 0.3) is 0 Å². The van der Waals surface area contributed by atoms with Crippen molar-refractivity contribution in [2.75, 3.05) is 12.4 Å². The lowest BCUT2D eigenvalue weighted by Crippen LogP contribution is -2.46. The lowest BCUT2D eigenvalue weighted by atomic mass is 10.0. The van der Waals surface area contributed by atoms with Gasteiger partial charge in [0.05, 0.1) is 18.2 Å². The van der Waals surface area contributed by atoms with E-state index in [4.69, 9.17) is 4.74 Å². The van der Waals surface area contributed by atoms with Crippen LogP contribution >= 0.6 is 23.1 Å². The van der Waals surface area contributed by atoms with Crippen molar-refractivity contribution in [3.05, 3.63) is 63.5 Å². The molecule has 1 aliphatic rings. The van der Waals surface area contributed by atoms with Gasteiger partial charge in [0.15, 0.2) is 0 Å². The summed E-state index contributed by atoms with van der Waals surface area (Å²) in [4.78, 5) is 25.6. The number of ether oxygens (including phenoxy) is 1. The standard InChI is InChI=1S/C18H16F2N2O3S2/c1-2-25-17(23)15-12(9-27-13-6-5-10(19)8-11(13)20)21-18(24)22-16(15)14-4-3-7-26-14/h3-8,16H,2,9H2,1H3,(H2,21,22,24). The first-order valence-corrected chi connectivity index (χ1v) is 9.95. The van der Waals surface area contributed by atoms with E-state index in [1.165, 1.54) is 17.4 Å². The summed E-state index contributed by atoms with van der Waals surface area (Å²) in [5.41, 5.74) is 0.609. The number of benzene rings is 1. The molecule has 2 amide bonds. The lowest BCUT2D eigenvalue weighted by molar-refractivity contribution is -0.139. The largest absolute Gasteiger partial charge is 0.463 e. The van der Waals surface area contributed by atoms with E-state index in [1.807, 2.05) is 17.5 Å². The number of carbonyl (C=O) groups is 2. The van der Waals surface area contributed by atoms with Crippen molar-refractivity contribution in [1.29, 1.82) is 0 Å². The van der Waals surface area contributed by atoms with E-state index in [0.29, 0.717) is 5.70 Å². The molecular formula is C18H16F2N2O3S2. The lowest BCUT2D eigenvalue weighted by Gasteiger charge is -2.28. The van der Waals surface area contributed by atoms with E-state index in [0.717, 1.165) is 28.8 Å². The molecule has 0 saturated heterocycles. The van der Waals surface area contributed by atoms with E-state index in [2.05, 4.69) is 10.6 Å². The van der Waals surface area contributed by atoms with Crippen molar-refractivity contribution in [2.24, 2.45) is 0 Å². The van der Waals surface area contributed by atoms with E-state index >= 15 is 0 Å². The van der Waals surface area contributed by atoms with Crippen LogP contribution in [0.1, 0.15) is 17.8 Å². The molecular weight excluding hydrogens is 394 g/mol. The summed E-state index contributed by atoms with van der Waals surface area (Å²) in [6, 6.07) is 5.78. The zero-order chi connectivity index (χ0) is 19.4. The highest BCUT2D eigenvalue weighted by atomic mass is 32.2. The third kappa shape index (κ3) is 4.48. The predicted octanol–water partition coefficient (Wildman–Crippen LogP) is 3.99. The van der Waals surface area contributed by atoms with Crippen molar-refractivity contribution in [1.82, 2.24) is 10.6 Å². The monoisotopic (exact) mass is 410 g/mol. The summed E-state index contributed by atoms with van der Waals surface area (Å²) in [7, 11) is 0. The van der Waals surface area contributed by atoms with Crippen molar-refractivity contribution < 1.29 is 23.1 Å². The maximum absolute atomic E-state index is 13.9. The van der Waals surface area contributed by atoms with E-state index in [1.54, 1.807) is 6.92 Å². The molecule has 0 radical (unpaired) electrons. The number of urea groups is 1. The van der Waals surface area contributed by atoms with Gasteiger partial charge in [-0.2, -0.15) is 0 Å². The molecule has 1 unspecified atom stereocenters. The third-order valence-electron chi connectivity index (χ3n) is 3.74. The van der Waals surface area contributed by atoms with E-state index in [9.17, 15) is 18.4 Å². The van der Waals surface area contributed by atoms with Gasteiger partial charge < -0.3 is 15.4 Å². The summed E-state index contributed by atoms with van der Waals surface area (Å²) in [6.45, 7) is 1.87. The zero-order valence-electron chi connectivity index (χ0n) is 14.3. The van der Waals surface area contributed by atoms with Crippen LogP contribution in [0.15, 0.2) is 51.9 Å². The summed E-state index contributed by atoms with van der Waals surface area (Å²) in [5, 5.41) is 7.18. The molecule has 2 heterocycles. The Hall–Kier alpha value is -2.39. The number of esters is 1. The molecule has 2 aromatic rings. The van der Waals surface area contributed by atoms with Gasteiger partial charge in [0.2, 0.25) is 0 Å². The Labute approximate surface area is 162 Å². The van der Waals surface area contributed by atoms with Crippen LogP contribution in [0.5, 0.6) is 0 Å². The molecule has 2 N–H and O–H groups in total. The van der Waals surface area contributed by atoms with Crippen LogP contribution in [0.4, 0.5) is 13.6 Å². The normalized spacial score (nSPS) is 16.7. The van der Waals surface area contributed by atoms with Gasteiger partial charge in [-0.15, -0.1) is 23.1 Å². The fraction of sp³-hybridized carbons (Fsp3) is 0.222. The predicted molar refractivity (Wildman–Crippen MR) is 99.5 cm³/mol. The molecule has 0 saturated carbocycles. The second-order valence-corrected chi connectivity index (χ2v) is 7.52. The fourth-order valence-electron chi connectivity index (χ4n) is 2.59. The average Bonchev–Trinajstić information content (AvgIpc) is 3.15. The van der Waals surface area contributed by atoms with Gasteiger partial charge in [0.25, 0.3) is 0 Å². The maximum atomic E-state index is 13.9. The summed E-state index contributed by atoms with van der Waals surface area (Å²) >= 11 is 2.45. The number of hydrogen-bond acceptors (Lipinski definition) is 5. The SMILES string of the molecule is CCOC(=O)C1=C(CSc2ccc(F)cc2F)NC(=O)NC1c1cccs1. The number of nitrogens with one attached hydrogen (secondary N) is 2. The van der Waals surface area contributed by atoms with E-state index in [-0.39, 0.29) is 22.8 Å². The van der Waals surface area contributed by atoms with Gasteiger partial charge in [-0.05, 0) is 30.5 Å². The number of thiophene rings is 1. The number of thioether (sulfide) groups is 1. The Morgan fingerprint density at radius 3 is 2.81 bits per heavy atom. The smallest absolute Gasteiger partial charge is 0.338 e. The Kier molecular flexibility index (Phi) is 6.12. The molecule has 27 heavy (non-hydrogen) atoms. The van der Waals surface area contributed by atoms with Crippen LogP contribution in [0, 0.1) is 11.6 Å². The first-order valence-electron chi connectivity index (χ1n) is 8.08. The molecule has 1 atom stereocenters. The minimum absolute atomic E-state index is 0.117. The van der Waals surface area contributed by atoms with E-state index < -0.39 is 29.7 Å². The average molecular weight is 410 g/mol. The second kappa shape index (κ2) is 8.53. The highest BCUT2D eigenvalue weighted by Crippen LogP contribution is 2.33. The van der Waals surface area contributed by atoms with Gasteiger partial charge in [-0.25, -0.2) is 18.4 Å². The Balaban J connectivity index is 1.94. The second-order valence-electron chi connectivity index (χ2n) is 5.52. The van der Waals surface area contributed by atoms with Crippen molar-refractivity contribution in [2.45, 2.75) is 17.9 Å². The van der Waals surface area contributed by atoms with Crippen LogP contribution < -0.4 is 10.6 Å². The van der Waals surface area contributed by atoms with Crippen molar-refractivity contribution >= 4 is 35.1 Å². The maximum Gasteiger partial charge on any atom is 0.338 e. The molecule has 142 valence electrons. The summed E-state index contributed by atoms with van der Waals surface area (Å²) in [5.74, 6) is -1.81. The van der Waals surface area contributed by atoms with Gasteiger partial charge in [-0.3, -0.25) is 0 Å². The molecule has 5 nitrogen and oxygen atoms in total.